The van der Waals surface area contributed by atoms with Gasteiger partial charge >= 0.3 is 6.03 Å². The Labute approximate surface area is 229 Å². The predicted molar refractivity (Wildman–Crippen MR) is 157 cm³/mol. The third kappa shape index (κ3) is 7.81. The molecular formula is C29H32N4O2S2. The summed E-state index contributed by atoms with van der Waals surface area (Å²) in [5, 5.41) is 9.95. The molecule has 37 heavy (non-hydrogen) atoms. The van der Waals surface area contributed by atoms with Crippen molar-refractivity contribution in [1.82, 2.24) is 5.32 Å². The van der Waals surface area contributed by atoms with E-state index < -0.39 is 6.03 Å². The number of anilines is 2. The lowest BCUT2D eigenvalue weighted by Gasteiger charge is -2.12. The van der Waals surface area contributed by atoms with Crippen molar-refractivity contribution in [2.24, 2.45) is 4.36 Å². The van der Waals surface area contributed by atoms with Gasteiger partial charge < -0.3 is 20.7 Å². The molecule has 3 aromatic carbocycles. The zero-order valence-electron chi connectivity index (χ0n) is 20.8. The van der Waals surface area contributed by atoms with E-state index in [1.807, 2.05) is 18.2 Å². The first kappa shape index (κ1) is 26.7. The molecule has 8 heteroatoms. The van der Waals surface area contributed by atoms with Crippen molar-refractivity contribution >= 4 is 47.2 Å². The highest BCUT2D eigenvalue weighted by Crippen LogP contribution is 2.37. The molecule has 0 spiro atoms. The van der Waals surface area contributed by atoms with Crippen LogP contribution in [0.1, 0.15) is 49.7 Å². The molecule has 192 valence electrons. The van der Waals surface area contributed by atoms with Crippen molar-refractivity contribution in [3.63, 3.8) is 0 Å². The molecule has 0 bridgehead atoms. The van der Waals surface area contributed by atoms with Crippen LogP contribution in [0.15, 0.2) is 71.1 Å². The average molecular weight is 533 g/mol. The van der Waals surface area contributed by atoms with E-state index in [1.54, 1.807) is 6.07 Å². The molecule has 4 rings (SSSR count). The van der Waals surface area contributed by atoms with Gasteiger partial charge in [0.1, 0.15) is 5.75 Å². The van der Waals surface area contributed by atoms with Crippen LogP contribution in [-0.4, -0.2) is 24.3 Å². The van der Waals surface area contributed by atoms with Crippen molar-refractivity contribution in [2.75, 3.05) is 23.8 Å². The van der Waals surface area contributed by atoms with Crippen LogP contribution in [0.2, 0.25) is 0 Å². The Balaban J connectivity index is 1.04. The quantitative estimate of drug-likeness (QED) is 0.132. The molecule has 1 aliphatic rings. The smallest absolute Gasteiger partial charge is 0.356 e. The molecule has 2 amide bonds. The van der Waals surface area contributed by atoms with Crippen molar-refractivity contribution in [1.29, 1.82) is 0 Å². The highest BCUT2D eigenvalue weighted by molar-refractivity contribution is 7.80. The molecular weight excluding hydrogens is 500 g/mol. The van der Waals surface area contributed by atoms with Gasteiger partial charge in [-0.1, -0.05) is 68.1 Å². The molecule has 0 fully saturated rings. The number of thiocarbonyl (C=S) groups is 1. The largest absolute Gasteiger partial charge is 0.491 e. The second kappa shape index (κ2) is 13.8. The number of carbonyl (C=O) groups is 1. The first-order valence-corrected chi connectivity index (χ1v) is 13.5. The molecule has 0 saturated carbocycles. The summed E-state index contributed by atoms with van der Waals surface area (Å²) in [7, 11) is 0. The zero-order valence-corrected chi connectivity index (χ0v) is 22.4. The monoisotopic (exact) mass is 532 g/mol. The molecule has 0 unspecified atom stereocenters. The zero-order chi connectivity index (χ0) is 25.9. The van der Waals surface area contributed by atoms with Crippen molar-refractivity contribution in [2.45, 2.75) is 44.9 Å². The number of fused-ring (bicyclic) bond motifs is 3. The number of urea groups is 1. The summed E-state index contributed by atoms with van der Waals surface area (Å²) >= 11 is 9.90. The molecule has 1 aliphatic carbocycles. The number of unbranched alkanes of at least 4 members (excludes halogenated alkanes) is 5. The van der Waals surface area contributed by atoms with E-state index in [2.05, 4.69) is 75.2 Å². The molecule has 0 aromatic heterocycles. The number of para-hydroxylation sites is 2. The maximum atomic E-state index is 11.4. The molecule has 6 nitrogen and oxygen atoms in total. The van der Waals surface area contributed by atoms with Crippen molar-refractivity contribution in [3.8, 4) is 16.9 Å². The van der Waals surface area contributed by atoms with Gasteiger partial charge in [0.15, 0.2) is 5.11 Å². The second-order valence-corrected chi connectivity index (χ2v) is 9.66. The van der Waals surface area contributed by atoms with E-state index in [9.17, 15) is 4.79 Å². The number of benzene rings is 3. The molecule has 0 saturated heterocycles. The number of nitrogens with zero attached hydrogens (tertiary/aromatic N) is 1. The van der Waals surface area contributed by atoms with Crippen LogP contribution >= 0.6 is 12.2 Å². The highest BCUT2D eigenvalue weighted by Gasteiger charge is 2.17. The highest BCUT2D eigenvalue weighted by atomic mass is 32.1. The van der Waals surface area contributed by atoms with Gasteiger partial charge in [-0.3, -0.25) is 0 Å². The van der Waals surface area contributed by atoms with Crippen LogP contribution in [0.25, 0.3) is 11.1 Å². The third-order valence-electron chi connectivity index (χ3n) is 6.38. The number of hydrogen-bond acceptors (Lipinski definition) is 4. The lowest BCUT2D eigenvalue weighted by molar-refractivity contribution is 0.259. The standard InChI is InChI=1S/C29H32N4O2S2/c34-28(33-37)32-26-13-7-8-14-27(26)35-18-10-4-2-1-3-9-17-30-29(36)31-23-15-16-25-22(20-23)19-21-11-5-6-12-24(21)25/h5-8,11-16,20H,1-4,9-10,17-19H2,(H,32,34)(H2,30,31,36). The molecule has 0 heterocycles. The van der Waals surface area contributed by atoms with Crippen LogP contribution in [0, 0.1) is 0 Å². The van der Waals surface area contributed by atoms with E-state index >= 15 is 0 Å². The number of carbonyl (C=O) groups excluding carboxylic acids is 1. The van der Waals surface area contributed by atoms with Crippen molar-refractivity contribution < 1.29 is 9.53 Å². The summed E-state index contributed by atoms with van der Waals surface area (Å²) in [5.74, 6) is 0.634. The Morgan fingerprint density at radius 3 is 2.43 bits per heavy atom. The summed E-state index contributed by atoms with van der Waals surface area (Å²) < 4.78 is 9.01. The Hall–Kier alpha value is -3.36. The molecule has 0 atom stereocenters. The minimum absolute atomic E-state index is 0.563. The topological polar surface area (TPSA) is 74.8 Å². The minimum Gasteiger partial charge on any atom is -0.491 e. The Kier molecular flexibility index (Phi) is 9.97. The summed E-state index contributed by atoms with van der Waals surface area (Å²) in [6.45, 7) is 1.47. The fourth-order valence-electron chi connectivity index (χ4n) is 4.55. The Bertz CT molecular complexity index is 1250. The van der Waals surface area contributed by atoms with Gasteiger partial charge in [0.05, 0.1) is 12.3 Å². The van der Waals surface area contributed by atoms with Gasteiger partial charge in [-0.05, 0) is 78.0 Å². The van der Waals surface area contributed by atoms with Crippen LogP contribution in [0.4, 0.5) is 16.2 Å². The first-order chi connectivity index (χ1) is 18.1. The predicted octanol–water partition coefficient (Wildman–Crippen LogP) is 7.23. The number of ether oxygens (including phenoxy) is 1. The van der Waals surface area contributed by atoms with E-state index in [-0.39, 0.29) is 0 Å². The number of nitrogens with one attached hydrogen (secondary N) is 3. The van der Waals surface area contributed by atoms with Crippen molar-refractivity contribution in [3.05, 3.63) is 77.9 Å². The summed E-state index contributed by atoms with van der Waals surface area (Å²) in [6, 6.07) is 21.8. The number of rotatable bonds is 12. The van der Waals surface area contributed by atoms with Crippen LogP contribution in [-0.2, 0) is 18.8 Å². The third-order valence-corrected chi connectivity index (χ3v) is 6.79. The van der Waals surface area contributed by atoms with Gasteiger partial charge in [-0.2, -0.15) is 0 Å². The molecule has 0 radical (unpaired) electrons. The maximum absolute atomic E-state index is 11.4. The Morgan fingerprint density at radius 1 is 0.838 bits per heavy atom. The first-order valence-electron chi connectivity index (χ1n) is 12.8. The molecule has 3 aromatic rings. The lowest BCUT2D eigenvalue weighted by Crippen LogP contribution is -2.29. The Morgan fingerprint density at radius 2 is 1.57 bits per heavy atom. The molecule has 0 aliphatic heterocycles. The summed E-state index contributed by atoms with van der Waals surface area (Å²) in [4.78, 5) is 11.4. The number of amides is 2. The van der Waals surface area contributed by atoms with E-state index in [0.29, 0.717) is 23.2 Å². The summed E-state index contributed by atoms with van der Waals surface area (Å²) in [6.07, 6.45) is 7.63. The normalized spacial score (nSPS) is 11.2. The van der Waals surface area contributed by atoms with Gasteiger partial charge in [-0.15, -0.1) is 4.36 Å². The lowest BCUT2D eigenvalue weighted by atomic mass is 10.1. The SMILES string of the molecule is O=C(N=S)Nc1ccccc1OCCCCCCCCNC(=S)Nc1ccc2c(c1)Cc1ccccc1-2. The van der Waals surface area contributed by atoms with Gasteiger partial charge in [0, 0.05) is 24.7 Å². The fraction of sp³-hybridized carbons (Fsp3) is 0.310. The second-order valence-electron chi connectivity index (χ2n) is 9.07. The van der Waals surface area contributed by atoms with E-state index in [4.69, 9.17) is 17.0 Å². The van der Waals surface area contributed by atoms with E-state index in [0.717, 1.165) is 50.8 Å². The number of hydrogen-bond donors (Lipinski definition) is 3. The van der Waals surface area contributed by atoms with Crippen LogP contribution < -0.4 is 20.7 Å². The summed E-state index contributed by atoms with van der Waals surface area (Å²) in [5.41, 5.74) is 7.02. The fourth-order valence-corrected chi connectivity index (χ4v) is 4.82. The van der Waals surface area contributed by atoms with Gasteiger partial charge in [0.2, 0.25) is 0 Å². The molecule has 3 N–H and O–H groups in total. The maximum Gasteiger partial charge on any atom is 0.356 e. The van der Waals surface area contributed by atoms with Gasteiger partial charge in [0.25, 0.3) is 0 Å². The average Bonchev–Trinajstić information content (AvgIpc) is 3.28. The van der Waals surface area contributed by atoms with Gasteiger partial charge in [-0.25, -0.2) is 4.79 Å². The minimum atomic E-state index is -0.563. The van der Waals surface area contributed by atoms with E-state index in [1.165, 1.54) is 28.7 Å². The van der Waals surface area contributed by atoms with Crippen LogP contribution in [0.5, 0.6) is 5.75 Å². The van der Waals surface area contributed by atoms with Crippen LogP contribution in [0.3, 0.4) is 0 Å².